The van der Waals surface area contributed by atoms with E-state index in [0.717, 1.165) is 5.56 Å². The number of nitrogens with zero attached hydrogens (tertiary/aromatic N) is 1. The molecule has 2 amide bonds. The zero-order valence-corrected chi connectivity index (χ0v) is 14.9. The van der Waals surface area contributed by atoms with Crippen molar-refractivity contribution in [3.05, 3.63) is 70.8 Å². The van der Waals surface area contributed by atoms with Gasteiger partial charge in [0.25, 0.3) is 5.91 Å². The summed E-state index contributed by atoms with van der Waals surface area (Å²) in [5.74, 6) is -1.26. The first kappa shape index (κ1) is 19.2. The fourth-order valence-electron chi connectivity index (χ4n) is 2.56. The number of carbonyl (C=O) groups excluding carboxylic acids is 2. The molecule has 2 aromatic rings. The van der Waals surface area contributed by atoms with E-state index >= 15 is 0 Å². The van der Waals surface area contributed by atoms with Gasteiger partial charge in [0.1, 0.15) is 0 Å². The zero-order valence-electron chi connectivity index (χ0n) is 14.9. The monoisotopic (exact) mass is 354 g/mol. The van der Waals surface area contributed by atoms with Gasteiger partial charge in [0.15, 0.2) is 0 Å². The zero-order chi connectivity index (χ0) is 19.1. The lowest BCUT2D eigenvalue weighted by Gasteiger charge is -2.11. The first-order chi connectivity index (χ1) is 12.4. The van der Waals surface area contributed by atoms with Gasteiger partial charge >= 0.3 is 5.97 Å². The molecule has 0 unspecified atom stereocenters. The van der Waals surface area contributed by atoms with Gasteiger partial charge in [0.05, 0.1) is 5.56 Å². The SMILES string of the molecule is CN(C)C(=O)c1cccc(CNC(=O)CCc2ccccc2C(=O)O)c1. The first-order valence-corrected chi connectivity index (χ1v) is 8.27. The van der Waals surface area contributed by atoms with Crippen LogP contribution in [0.15, 0.2) is 48.5 Å². The largest absolute Gasteiger partial charge is 0.478 e. The van der Waals surface area contributed by atoms with E-state index in [4.69, 9.17) is 5.11 Å². The molecule has 0 heterocycles. The summed E-state index contributed by atoms with van der Waals surface area (Å²) < 4.78 is 0. The number of amides is 2. The molecule has 2 N–H and O–H groups in total. The Bertz CT molecular complexity index is 815. The van der Waals surface area contributed by atoms with Crippen molar-refractivity contribution in [3.63, 3.8) is 0 Å². The predicted octanol–water partition coefficient (Wildman–Crippen LogP) is 2.34. The molecule has 136 valence electrons. The topological polar surface area (TPSA) is 86.7 Å². The third-order valence-corrected chi connectivity index (χ3v) is 3.94. The minimum atomic E-state index is -0.997. The molecule has 0 spiro atoms. The molecular weight excluding hydrogens is 332 g/mol. The van der Waals surface area contributed by atoms with Gasteiger partial charge in [0, 0.05) is 32.6 Å². The van der Waals surface area contributed by atoms with E-state index in [1.807, 2.05) is 6.07 Å². The second kappa shape index (κ2) is 8.80. The molecule has 0 saturated carbocycles. The highest BCUT2D eigenvalue weighted by molar-refractivity contribution is 5.94. The predicted molar refractivity (Wildman–Crippen MR) is 98.0 cm³/mol. The van der Waals surface area contributed by atoms with Gasteiger partial charge in [-0.25, -0.2) is 4.79 Å². The Balaban J connectivity index is 1.91. The van der Waals surface area contributed by atoms with Crippen LogP contribution >= 0.6 is 0 Å². The summed E-state index contributed by atoms with van der Waals surface area (Å²) in [5, 5.41) is 12.0. The molecule has 0 saturated heterocycles. The summed E-state index contributed by atoms with van der Waals surface area (Å²) >= 11 is 0. The van der Waals surface area contributed by atoms with Gasteiger partial charge < -0.3 is 15.3 Å². The quantitative estimate of drug-likeness (QED) is 0.799. The molecule has 26 heavy (non-hydrogen) atoms. The number of carboxylic acid groups (broad SMARTS) is 1. The van der Waals surface area contributed by atoms with Crippen molar-refractivity contribution in [2.75, 3.05) is 14.1 Å². The van der Waals surface area contributed by atoms with Crippen LogP contribution in [0.4, 0.5) is 0 Å². The molecule has 0 fully saturated rings. The molecule has 0 aromatic heterocycles. The molecular formula is C20H22N2O4. The van der Waals surface area contributed by atoms with Crippen LogP contribution in [0.5, 0.6) is 0 Å². The highest BCUT2D eigenvalue weighted by Crippen LogP contribution is 2.11. The highest BCUT2D eigenvalue weighted by atomic mass is 16.4. The van der Waals surface area contributed by atoms with E-state index in [9.17, 15) is 14.4 Å². The Labute approximate surface area is 152 Å². The van der Waals surface area contributed by atoms with Gasteiger partial charge in [-0.15, -0.1) is 0 Å². The lowest BCUT2D eigenvalue weighted by atomic mass is 10.0. The van der Waals surface area contributed by atoms with Gasteiger partial charge in [-0.1, -0.05) is 30.3 Å². The molecule has 2 rings (SSSR count). The Morgan fingerprint density at radius 3 is 2.46 bits per heavy atom. The summed E-state index contributed by atoms with van der Waals surface area (Å²) in [6.45, 7) is 0.313. The van der Waals surface area contributed by atoms with Gasteiger partial charge in [0.2, 0.25) is 5.91 Å². The van der Waals surface area contributed by atoms with Crippen LogP contribution in [0.1, 0.15) is 38.3 Å². The normalized spacial score (nSPS) is 10.2. The van der Waals surface area contributed by atoms with Crippen LogP contribution in [0, 0.1) is 0 Å². The van der Waals surface area contributed by atoms with Gasteiger partial charge in [-0.3, -0.25) is 9.59 Å². The number of aromatic carboxylic acids is 1. The smallest absolute Gasteiger partial charge is 0.335 e. The van der Waals surface area contributed by atoms with Crippen molar-refractivity contribution in [2.45, 2.75) is 19.4 Å². The molecule has 0 aliphatic rings. The van der Waals surface area contributed by atoms with E-state index in [0.29, 0.717) is 24.1 Å². The van der Waals surface area contributed by atoms with E-state index in [-0.39, 0.29) is 23.8 Å². The minimum Gasteiger partial charge on any atom is -0.478 e. The lowest BCUT2D eigenvalue weighted by molar-refractivity contribution is -0.121. The average Bonchev–Trinajstić information content (AvgIpc) is 2.64. The number of hydrogen-bond acceptors (Lipinski definition) is 3. The van der Waals surface area contributed by atoms with Crippen molar-refractivity contribution in [1.29, 1.82) is 0 Å². The molecule has 6 heteroatoms. The van der Waals surface area contributed by atoms with Crippen LogP contribution in [-0.2, 0) is 17.8 Å². The number of nitrogens with one attached hydrogen (secondary N) is 1. The fraction of sp³-hybridized carbons (Fsp3) is 0.250. The number of carbonyl (C=O) groups is 3. The van der Waals surface area contributed by atoms with Crippen LogP contribution < -0.4 is 5.32 Å². The number of rotatable bonds is 7. The average molecular weight is 354 g/mol. The van der Waals surface area contributed by atoms with Crippen molar-refractivity contribution in [1.82, 2.24) is 10.2 Å². The highest BCUT2D eigenvalue weighted by Gasteiger charge is 2.11. The number of hydrogen-bond donors (Lipinski definition) is 2. The molecule has 0 aliphatic heterocycles. The fourth-order valence-corrected chi connectivity index (χ4v) is 2.56. The van der Waals surface area contributed by atoms with E-state index in [1.54, 1.807) is 50.5 Å². The summed E-state index contributed by atoms with van der Waals surface area (Å²) in [6, 6.07) is 13.8. The van der Waals surface area contributed by atoms with Crippen LogP contribution in [0.2, 0.25) is 0 Å². The maximum absolute atomic E-state index is 12.1. The standard InChI is InChI=1S/C20H22N2O4/c1-22(2)19(24)16-8-5-6-14(12-16)13-21-18(23)11-10-15-7-3-4-9-17(15)20(25)26/h3-9,12H,10-11,13H2,1-2H3,(H,21,23)(H,25,26). The van der Waals surface area contributed by atoms with Crippen molar-refractivity contribution >= 4 is 17.8 Å². The molecule has 6 nitrogen and oxygen atoms in total. The van der Waals surface area contributed by atoms with Crippen LogP contribution in [0.25, 0.3) is 0 Å². The second-order valence-electron chi connectivity index (χ2n) is 6.14. The summed E-state index contributed by atoms with van der Waals surface area (Å²) in [5.41, 5.74) is 2.25. The number of carboxylic acids is 1. The second-order valence-corrected chi connectivity index (χ2v) is 6.14. The van der Waals surface area contributed by atoms with Crippen molar-refractivity contribution in [3.8, 4) is 0 Å². The summed E-state index contributed by atoms with van der Waals surface area (Å²) in [7, 11) is 3.37. The molecule has 0 radical (unpaired) electrons. The van der Waals surface area contributed by atoms with E-state index in [2.05, 4.69) is 5.32 Å². The molecule has 0 aliphatic carbocycles. The lowest BCUT2D eigenvalue weighted by Crippen LogP contribution is -2.24. The maximum atomic E-state index is 12.1. The van der Waals surface area contributed by atoms with E-state index < -0.39 is 5.97 Å². The Kier molecular flexibility index (Phi) is 6.49. The van der Waals surface area contributed by atoms with Crippen LogP contribution in [0.3, 0.4) is 0 Å². The molecule has 0 atom stereocenters. The van der Waals surface area contributed by atoms with Gasteiger partial charge in [-0.05, 0) is 35.7 Å². The third-order valence-electron chi connectivity index (χ3n) is 3.94. The molecule has 2 aromatic carbocycles. The Morgan fingerprint density at radius 1 is 1.04 bits per heavy atom. The maximum Gasteiger partial charge on any atom is 0.335 e. The number of benzene rings is 2. The third kappa shape index (κ3) is 5.17. The Hall–Kier alpha value is -3.15. The van der Waals surface area contributed by atoms with Crippen molar-refractivity contribution < 1.29 is 19.5 Å². The van der Waals surface area contributed by atoms with E-state index in [1.165, 1.54) is 11.0 Å². The van der Waals surface area contributed by atoms with Crippen molar-refractivity contribution in [2.24, 2.45) is 0 Å². The molecule has 0 bridgehead atoms. The Morgan fingerprint density at radius 2 is 1.77 bits per heavy atom. The van der Waals surface area contributed by atoms with Crippen LogP contribution in [-0.4, -0.2) is 41.9 Å². The minimum absolute atomic E-state index is 0.0940. The number of aryl methyl sites for hydroxylation is 1. The van der Waals surface area contributed by atoms with Gasteiger partial charge in [-0.2, -0.15) is 0 Å². The first-order valence-electron chi connectivity index (χ1n) is 8.27. The summed E-state index contributed by atoms with van der Waals surface area (Å²) in [4.78, 5) is 36.7. The summed E-state index contributed by atoms with van der Waals surface area (Å²) in [6.07, 6.45) is 0.550.